The highest BCUT2D eigenvalue weighted by molar-refractivity contribution is 9.10. The Hall–Kier alpha value is -3.64. The second-order valence-corrected chi connectivity index (χ2v) is 8.62. The van der Waals surface area contributed by atoms with Gasteiger partial charge in [-0.15, -0.1) is 5.10 Å². The minimum atomic E-state index is -0.650. The van der Waals surface area contributed by atoms with Crippen LogP contribution in [-0.4, -0.2) is 16.8 Å². The van der Waals surface area contributed by atoms with Gasteiger partial charge in [-0.3, -0.25) is 4.79 Å². The molecule has 5 nitrogen and oxygen atoms in total. The molecular weight excluding hydrogens is 480 g/mol. The van der Waals surface area contributed by atoms with Gasteiger partial charge in [-0.05, 0) is 62.6 Å². The van der Waals surface area contributed by atoms with E-state index in [1.807, 2.05) is 84.9 Å². The van der Waals surface area contributed by atoms with E-state index in [0.717, 1.165) is 31.9 Å². The van der Waals surface area contributed by atoms with Crippen molar-refractivity contribution in [2.24, 2.45) is 5.10 Å². The molecule has 0 saturated heterocycles. The minimum Gasteiger partial charge on any atom is -0.488 e. The summed E-state index contributed by atoms with van der Waals surface area (Å²) in [6.07, 6.45) is -0.650. The highest BCUT2D eigenvalue weighted by Crippen LogP contribution is 2.35. The Kier molecular flexibility index (Phi) is 5.84. The van der Waals surface area contributed by atoms with E-state index in [2.05, 4.69) is 27.1 Å². The third-order valence-electron chi connectivity index (χ3n) is 5.44. The van der Waals surface area contributed by atoms with Crippen LogP contribution in [0.5, 0.6) is 5.75 Å². The largest absolute Gasteiger partial charge is 0.488 e. The Bertz CT molecular complexity index is 1350. The molecule has 164 valence electrons. The highest BCUT2D eigenvalue weighted by atomic mass is 79.9. The lowest BCUT2D eigenvalue weighted by molar-refractivity contribution is -0.135. The van der Waals surface area contributed by atoms with Crippen LogP contribution in [0.15, 0.2) is 101 Å². The molecule has 1 aliphatic rings. The summed E-state index contributed by atoms with van der Waals surface area (Å²) >= 11 is 3.59. The van der Waals surface area contributed by atoms with Crippen LogP contribution in [0, 0.1) is 0 Å². The van der Waals surface area contributed by atoms with Gasteiger partial charge < -0.3 is 9.47 Å². The standard InChI is InChI=1S/C27H21BrN2O3/c1-18(31)30-27(33-26(29-30)22-12-11-20-9-5-6-10-21(20)15-22)23-13-14-25(24(28)16-23)32-17-19-7-3-2-4-8-19/h2-16,27H,17H2,1H3. The minimum absolute atomic E-state index is 0.198. The maximum atomic E-state index is 12.3. The molecule has 5 rings (SSSR count). The van der Waals surface area contributed by atoms with Crippen LogP contribution in [-0.2, 0) is 16.1 Å². The zero-order valence-electron chi connectivity index (χ0n) is 17.9. The summed E-state index contributed by atoms with van der Waals surface area (Å²) in [5.74, 6) is 0.934. The molecule has 1 heterocycles. The van der Waals surface area contributed by atoms with Crippen LogP contribution in [0.3, 0.4) is 0 Å². The topological polar surface area (TPSA) is 51.1 Å². The summed E-state index contributed by atoms with van der Waals surface area (Å²) in [7, 11) is 0. The van der Waals surface area contributed by atoms with Crippen molar-refractivity contribution >= 4 is 38.5 Å². The van der Waals surface area contributed by atoms with Crippen molar-refractivity contribution in [3.8, 4) is 5.75 Å². The van der Waals surface area contributed by atoms with Gasteiger partial charge in [0.25, 0.3) is 0 Å². The van der Waals surface area contributed by atoms with Crippen molar-refractivity contribution in [1.29, 1.82) is 0 Å². The SMILES string of the molecule is CC(=O)N1N=C(c2ccc3ccccc3c2)OC1c1ccc(OCc2ccccc2)c(Br)c1. The Morgan fingerprint density at radius 2 is 1.73 bits per heavy atom. The van der Waals surface area contributed by atoms with Crippen LogP contribution in [0.25, 0.3) is 10.8 Å². The fraction of sp³-hybridized carbons (Fsp3) is 0.111. The number of amides is 1. The van der Waals surface area contributed by atoms with Gasteiger partial charge in [0.1, 0.15) is 12.4 Å². The molecule has 33 heavy (non-hydrogen) atoms. The van der Waals surface area contributed by atoms with Gasteiger partial charge >= 0.3 is 0 Å². The van der Waals surface area contributed by atoms with Gasteiger partial charge in [0.05, 0.1) is 4.47 Å². The molecule has 0 radical (unpaired) electrons. The normalized spacial score (nSPS) is 15.3. The number of benzene rings is 4. The van der Waals surface area contributed by atoms with Crippen LogP contribution in [0.2, 0.25) is 0 Å². The van der Waals surface area contributed by atoms with Crippen molar-refractivity contribution in [2.45, 2.75) is 19.8 Å². The molecule has 0 fully saturated rings. The molecule has 1 unspecified atom stereocenters. The molecule has 0 aromatic heterocycles. The lowest BCUT2D eigenvalue weighted by Gasteiger charge is -2.20. The number of rotatable bonds is 5. The number of carbonyl (C=O) groups is 1. The third kappa shape index (κ3) is 4.47. The van der Waals surface area contributed by atoms with Crippen LogP contribution >= 0.6 is 15.9 Å². The molecule has 1 amide bonds. The summed E-state index contributed by atoms with van der Waals surface area (Å²) in [6.45, 7) is 1.95. The van der Waals surface area contributed by atoms with Crippen molar-refractivity contribution in [3.63, 3.8) is 0 Å². The quantitative estimate of drug-likeness (QED) is 0.317. The van der Waals surface area contributed by atoms with Gasteiger partial charge in [-0.1, -0.05) is 60.7 Å². The first-order valence-corrected chi connectivity index (χ1v) is 11.4. The molecule has 6 heteroatoms. The zero-order chi connectivity index (χ0) is 22.8. The molecule has 0 bridgehead atoms. The van der Waals surface area contributed by atoms with Gasteiger partial charge in [0.15, 0.2) is 0 Å². The van der Waals surface area contributed by atoms with E-state index >= 15 is 0 Å². The monoisotopic (exact) mass is 500 g/mol. The number of ether oxygens (including phenoxy) is 2. The lowest BCUT2D eigenvalue weighted by Crippen LogP contribution is -2.25. The third-order valence-corrected chi connectivity index (χ3v) is 6.06. The number of hydrogen-bond donors (Lipinski definition) is 0. The van der Waals surface area contributed by atoms with Crippen molar-refractivity contribution in [1.82, 2.24) is 5.01 Å². The van der Waals surface area contributed by atoms with Crippen molar-refractivity contribution in [3.05, 3.63) is 112 Å². The number of fused-ring (bicyclic) bond motifs is 1. The van der Waals surface area contributed by atoms with Crippen LogP contribution < -0.4 is 4.74 Å². The molecular formula is C27H21BrN2O3. The van der Waals surface area contributed by atoms with E-state index in [0.29, 0.717) is 18.3 Å². The maximum Gasteiger partial charge on any atom is 0.243 e. The fourth-order valence-corrected chi connectivity index (χ4v) is 4.26. The van der Waals surface area contributed by atoms with Crippen LogP contribution in [0.4, 0.5) is 0 Å². The number of hydrogen-bond acceptors (Lipinski definition) is 4. The Labute approximate surface area is 200 Å². The van der Waals surface area contributed by atoms with Crippen molar-refractivity contribution in [2.75, 3.05) is 0 Å². The second kappa shape index (κ2) is 9.08. The molecule has 0 spiro atoms. The number of nitrogens with zero attached hydrogens (tertiary/aromatic N) is 2. The summed E-state index contributed by atoms with van der Waals surface area (Å²) in [4.78, 5) is 12.3. The zero-order valence-corrected chi connectivity index (χ0v) is 19.5. The molecule has 0 saturated carbocycles. The highest BCUT2D eigenvalue weighted by Gasteiger charge is 2.33. The van der Waals surface area contributed by atoms with Gasteiger partial charge in [-0.25, -0.2) is 0 Å². The van der Waals surface area contributed by atoms with E-state index in [9.17, 15) is 4.79 Å². The Balaban J connectivity index is 1.38. The van der Waals surface area contributed by atoms with E-state index < -0.39 is 6.23 Å². The number of hydrazone groups is 1. The fourth-order valence-electron chi connectivity index (χ4n) is 3.75. The second-order valence-electron chi connectivity index (χ2n) is 7.77. The summed E-state index contributed by atoms with van der Waals surface area (Å²) in [5.41, 5.74) is 2.71. The molecule has 0 aliphatic carbocycles. The lowest BCUT2D eigenvalue weighted by atomic mass is 10.1. The first kappa shape index (κ1) is 21.2. The average Bonchev–Trinajstić information content (AvgIpc) is 3.30. The van der Waals surface area contributed by atoms with E-state index in [4.69, 9.17) is 9.47 Å². The predicted octanol–water partition coefficient (Wildman–Crippen LogP) is 6.42. The Morgan fingerprint density at radius 1 is 0.970 bits per heavy atom. The Morgan fingerprint density at radius 3 is 2.48 bits per heavy atom. The first-order chi connectivity index (χ1) is 16.1. The molecule has 1 aliphatic heterocycles. The molecule has 1 atom stereocenters. The molecule has 0 N–H and O–H groups in total. The average molecular weight is 501 g/mol. The molecule has 4 aromatic carbocycles. The van der Waals surface area contributed by atoms with E-state index in [-0.39, 0.29) is 5.91 Å². The maximum absolute atomic E-state index is 12.3. The van der Waals surface area contributed by atoms with Crippen molar-refractivity contribution < 1.29 is 14.3 Å². The smallest absolute Gasteiger partial charge is 0.243 e. The number of carbonyl (C=O) groups excluding carboxylic acids is 1. The van der Waals surface area contributed by atoms with E-state index in [1.54, 1.807) is 0 Å². The summed E-state index contributed by atoms with van der Waals surface area (Å²) in [6, 6.07) is 29.7. The summed E-state index contributed by atoms with van der Waals surface area (Å²) in [5, 5.41) is 8.07. The number of halogens is 1. The van der Waals surface area contributed by atoms with Crippen LogP contribution in [0.1, 0.15) is 29.8 Å². The first-order valence-electron chi connectivity index (χ1n) is 10.6. The predicted molar refractivity (Wildman–Crippen MR) is 132 cm³/mol. The molecule has 4 aromatic rings. The van der Waals surface area contributed by atoms with Gasteiger partial charge in [0.2, 0.25) is 18.0 Å². The van der Waals surface area contributed by atoms with Gasteiger partial charge in [-0.2, -0.15) is 5.01 Å². The van der Waals surface area contributed by atoms with E-state index in [1.165, 1.54) is 11.9 Å². The van der Waals surface area contributed by atoms with Gasteiger partial charge in [0, 0.05) is 18.1 Å². The summed E-state index contributed by atoms with van der Waals surface area (Å²) < 4.78 is 12.9.